The van der Waals surface area contributed by atoms with E-state index in [0.717, 1.165) is 18.4 Å². The Morgan fingerprint density at radius 3 is 1.72 bits per heavy atom. The Kier molecular flexibility index (Phi) is 15.5. The zero-order valence-corrected chi connectivity index (χ0v) is 18.8. The van der Waals surface area contributed by atoms with Crippen LogP contribution in [-0.2, 0) is 22.0 Å². The summed E-state index contributed by atoms with van der Waals surface area (Å²) in [7, 11) is -6.26. The number of unbranched alkanes of at least 4 members (excludes halogenated alkanes) is 2. The number of aryl methyl sites for hydroxylation is 1. The molecule has 0 radical (unpaired) electrons. The van der Waals surface area contributed by atoms with Gasteiger partial charge in [-0.25, -0.2) is 0 Å². The first-order valence-corrected chi connectivity index (χ1v) is 12.1. The highest BCUT2D eigenvalue weighted by Crippen LogP contribution is 2.34. The molecule has 29 heavy (non-hydrogen) atoms. The second-order valence-corrected chi connectivity index (χ2v) is 7.36. The molecule has 9 heteroatoms. The minimum absolute atomic E-state index is 0.378. The summed E-state index contributed by atoms with van der Waals surface area (Å²) in [6, 6.07) is 14.2. The molecule has 2 rings (SSSR count). The van der Waals surface area contributed by atoms with Crippen LogP contribution >= 0.6 is 16.5 Å². The van der Waals surface area contributed by atoms with Crippen molar-refractivity contribution in [2.45, 2.75) is 52.4 Å². The second-order valence-electron chi connectivity index (χ2n) is 6.23. The van der Waals surface area contributed by atoms with Crippen LogP contribution < -0.4 is 0 Å². The van der Waals surface area contributed by atoms with Crippen LogP contribution in [0.3, 0.4) is 0 Å². The number of phenolic OH excluding ortho intramolecular Hbond substituents is 1. The van der Waals surface area contributed by atoms with Gasteiger partial charge in [0.25, 0.3) is 0 Å². The Morgan fingerprint density at radius 1 is 0.724 bits per heavy atom. The molecular formula is C20H32O7P2. The smallest absolute Gasteiger partial charge is 0.314 e. The third-order valence-corrected chi connectivity index (χ3v) is 4.05. The summed E-state index contributed by atoms with van der Waals surface area (Å²) in [5.74, 6) is 0.378. The van der Waals surface area contributed by atoms with E-state index in [0.29, 0.717) is 5.75 Å². The van der Waals surface area contributed by atoms with Crippen molar-refractivity contribution >= 4 is 16.5 Å². The Balaban J connectivity index is 0.000000837. The number of benzene rings is 2. The lowest BCUT2D eigenvalue weighted by atomic mass is 9.89. The van der Waals surface area contributed by atoms with Gasteiger partial charge >= 0.3 is 16.5 Å². The highest BCUT2D eigenvalue weighted by Gasteiger charge is 2.12. The van der Waals surface area contributed by atoms with Gasteiger partial charge in [0.05, 0.1) is 0 Å². The van der Waals surface area contributed by atoms with E-state index in [4.69, 9.17) is 28.7 Å². The van der Waals surface area contributed by atoms with Crippen LogP contribution in [0.25, 0.3) is 11.1 Å². The minimum atomic E-state index is -3.13. The lowest BCUT2D eigenvalue weighted by Crippen LogP contribution is -1.98. The lowest BCUT2D eigenvalue weighted by Gasteiger charge is -2.16. The first-order valence-electron chi connectivity index (χ1n) is 9.47. The topological polar surface area (TPSA) is 135 Å². The van der Waals surface area contributed by atoms with Gasteiger partial charge in [-0.2, -0.15) is 0 Å². The van der Waals surface area contributed by atoms with Crippen LogP contribution in [0.4, 0.5) is 0 Å². The fourth-order valence-electron chi connectivity index (χ4n) is 2.84. The molecule has 0 spiro atoms. The van der Waals surface area contributed by atoms with Crippen LogP contribution in [-0.4, -0.2) is 24.7 Å². The molecule has 0 aliphatic carbocycles. The molecule has 0 fully saturated rings. The van der Waals surface area contributed by atoms with Crippen LogP contribution in [0.1, 0.15) is 50.7 Å². The summed E-state index contributed by atoms with van der Waals surface area (Å²) in [5.41, 5.74) is 5.04. The summed E-state index contributed by atoms with van der Waals surface area (Å²) in [5, 5.41) is 10.2. The van der Waals surface area contributed by atoms with Gasteiger partial charge in [0, 0.05) is 5.56 Å². The lowest BCUT2D eigenvalue weighted by molar-refractivity contribution is 0.403. The van der Waals surface area contributed by atoms with E-state index in [9.17, 15) is 5.11 Å². The highest BCUT2D eigenvalue weighted by atomic mass is 31.1. The maximum Gasteiger partial charge on any atom is 0.314 e. The van der Waals surface area contributed by atoms with Gasteiger partial charge in [-0.1, -0.05) is 63.1 Å². The number of hydrogen-bond donors (Lipinski definition) is 5. The summed E-state index contributed by atoms with van der Waals surface area (Å²) >= 11 is 0. The van der Waals surface area contributed by atoms with Crippen molar-refractivity contribution in [2.24, 2.45) is 0 Å². The monoisotopic (exact) mass is 446 g/mol. The van der Waals surface area contributed by atoms with Gasteiger partial charge in [0.15, 0.2) is 0 Å². The Labute approximate surface area is 173 Å². The fourth-order valence-corrected chi connectivity index (χ4v) is 2.84. The molecule has 0 atom stereocenters. The molecular weight excluding hydrogens is 414 g/mol. The van der Waals surface area contributed by atoms with Gasteiger partial charge in [-0.3, -0.25) is 9.13 Å². The standard InChI is InChI=1S/C20H26O.2H3O3P/c1-3-5-10-16-11-9-14-18(17(16)12-6-4-2)19-13-7-8-15-20(19)21;2*1-4(2)3/h7-9,11,13-15,21H,3-6,10,12H2,1-2H3;2*4H,(H2,1,2,3). The highest BCUT2D eigenvalue weighted by molar-refractivity contribution is 7.31. The summed E-state index contributed by atoms with van der Waals surface area (Å²) in [6.45, 7) is 4.47. The third kappa shape index (κ3) is 12.7. The zero-order chi connectivity index (χ0) is 22.2. The molecule has 0 aromatic heterocycles. The number of hydrogen-bond acceptors (Lipinski definition) is 3. The second kappa shape index (κ2) is 16.3. The maximum atomic E-state index is 10.2. The van der Waals surface area contributed by atoms with Gasteiger partial charge in [0.1, 0.15) is 5.75 Å². The van der Waals surface area contributed by atoms with E-state index in [1.807, 2.05) is 18.2 Å². The average Bonchev–Trinajstić information content (AvgIpc) is 2.64. The fraction of sp³-hybridized carbons (Fsp3) is 0.400. The number of aromatic hydroxyl groups is 1. The minimum Gasteiger partial charge on any atom is -0.507 e. The molecule has 0 heterocycles. The largest absolute Gasteiger partial charge is 0.507 e. The van der Waals surface area contributed by atoms with Crippen LogP contribution in [0.5, 0.6) is 5.75 Å². The van der Waals surface area contributed by atoms with Crippen molar-refractivity contribution in [3.8, 4) is 16.9 Å². The molecule has 2 aromatic rings. The van der Waals surface area contributed by atoms with Crippen LogP contribution in [0.15, 0.2) is 42.5 Å². The van der Waals surface area contributed by atoms with Gasteiger partial charge in [0.2, 0.25) is 0 Å². The van der Waals surface area contributed by atoms with E-state index in [2.05, 4.69) is 32.0 Å². The van der Waals surface area contributed by atoms with Crippen molar-refractivity contribution in [3.63, 3.8) is 0 Å². The Bertz CT molecular complexity index is 746. The SMILES string of the molecule is CCCCc1cccc(-c2ccccc2O)c1CCCC.O=[PH](O)O.O=[PH](O)O. The normalized spacial score (nSPS) is 10.2. The number of para-hydroxylation sites is 1. The molecule has 0 unspecified atom stereocenters. The number of phenols is 1. The third-order valence-electron chi connectivity index (χ3n) is 4.05. The molecule has 0 bridgehead atoms. The predicted octanol–water partition coefficient (Wildman–Crippen LogP) is 4.47. The molecule has 0 aliphatic heterocycles. The molecule has 2 aromatic carbocycles. The average molecular weight is 446 g/mol. The molecule has 0 saturated carbocycles. The van der Waals surface area contributed by atoms with Gasteiger partial charge in [-0.05, 0) is 48.4 Å². The van der Waals surface area contributed by atoms with Crippen LogP contribution in [0, 0.1) is 0 Å². The van der Waals surface area contributed by atoms with Crippen molar-refractivity contribution in [2.75, 3.05) is 0 Å². The summed E-state index contributed by atoms with van der Waals surface area (Å²) in [6.07, 6.45) is 7.07. The van der Waals surface area contributed by atoms with Crippen molar-refractivity contribution in [3.05, 3.63) is 53.6 Å². The zero-order valence-electron chi connectivity index (χ0n) is 16.8. The quantitative estimate of drug-likeness (QED) is 0.396. The van der Waals surface area contributed by atoms with E-state index >= 15 is 0 Å². The molecule has 7 nitrogen and oxygen atoms in total. The molecule has 0 amide bonds. The molecule has 0 saturated heterocycles. The maximum absolute atomic E-state index is 10.2. The Hall–Kier alpha value is -1.46. The van der Waals surface area contributed by atoms with E-state index in [-0.39, 0.29) is 0 Å². The Morgan fingerprint density at radius 2 is 1.21 bits per heavy atom. The molecule has 164 valence electrons. The van der Waals surface area contributed by atoms with E-state index < -0.39 is 16.5 Å². The van der Waals surface area contributed by atoms with Crippen LogP contribution in [0.2, 0.25) is 0 Å². The van der Waals surface area contributed by atoms with Gasteiger partial charge < -0.3 is 24.7 Å². The van der Waals surface area contributed by atoms with Crippen molar-refractivity contribution in [1.82, 2.24) is 0 Å². The van der Waals surface area contributed by atoms with Crippen molar-refractivity contribution in [1.29, 1.82) is 0 Å². The van der Waals surface area contributed by atoms with E-state index in [1.165, 1.54) is 42.4 Å². The first kappa shape index (κ1) is 27.5. The predicted molar refractivity (Wildman–Crippen MR) is 118 cm³/mol. The first-order chi connectivity index (χ1) is 13.7. The van der Waals surface area contributed by atoms with E-state index in [1.54, 1.807) is 6.07 Å². The summed E-state index contributed by atoms with van der Waals surface area (Å²) in [4.78, 5) is 28.6. The summed E-state index contributed by atoms with van der Waals surface area (Å²) < 4.78 is 17.5. The van der Waals surface area contributed by atoms with Crippen molar-refractivity contribution < 1.29 is 33.8 Å². The number of rotatable bonds is 7. The molecule has 0 aliphatic rings. The molecule has 5 N–H and O–H groups in total. The van der Waals surface area contributed by atoms with Gasteiger partial charge in [-0.15, -0.1) is 0 Å².